The van der Waals surface area contributed by atoms with Crippen molar-refractivity contribution in [3.05, 3.63) is 0 Å². The number of nitrogens with zero attached hydrogens (tertiary/aromatic N) is 3. The van der Waals surface area contributed by atoms with Crippen molar-refractivity contribution in [2.75, 3.05) is 62.8 Å². The van der Waals surface area contributed by atoms with E-state index in [4.69, 9.17) is 0 Å². The number of nitrogens with one attached hydrogen (secondary N) is 1. The van der Waals surface area contributed by atoms with E-state index in [0.717, 1.165) is 36.3 Å². The summed E-state index contributed by atoms with van der Waals surface area (Å²) in [4.78, 5) is 6.60. The SMILES string of the molecule is CN=C(NCCS(=O)(=O)N1CCSCC1)N1CCSC(C(C)C)C1.I. The van der Waals surface area contributed by atoms with Gasteiger partial charge in [0.1, 0.15) is 0 Å². The summed E-state index contributed by atoms with van der Waals surface area (Å²) in [5, 5.41) is 3.85. The molecule has 0 saturated carbocycles. The van der Waals surface area contributed by atoms with E-state index in [1.54, 1.807) is 11.4 Å². The maximum absolute atomic E-state index is 12.4. The summed E-state index contributed by atoms with van der Waals surface area (Å²) < 4.78 is 26.4. The van der Waals surface area contributed by atoms with Crippen LogP contribution in [0.15, 0.2) is 4.99 Å². The summed E-state index contributed by atoms with van der Waals surface area (Å²) in [5.41, 5.74) is 0. The zero-order valence-corrected chi connectivity index (χ0v) is 20.1. The van der Waals surface area contributed by atoms with Crippen molar-refractivity contribution in [3.8, 4) is 0 Å². The van der Waals surface area contributed by atoms with Gasteiger partial charge < -0.3 is 10.2 Å². The molecular weight excluding hydrogens is 491 g/mol. The number of guanidine groups is 1. The lowest BCUT2D eigenvalue weighted by Gasteiger charge is -2.36. The Bertz CT molecular complexity index is 525. The summed E-state index contributed by atoms with van der Waals surface area (Å²) >= 11 is 3.84. The molecule has 0 aliphatic carbocycles. The smallest absolute Gasteiger partial charge is 0.215 e. The number of halogens is 1. The predicted octanol–water partition coefficient (Wildman–Crippen LogP) is 1.63. The normalized spacial score (nSPS) is 23.4. The second kappa shape index (κ2) is 11.5. The van der Waals surface area contributed by atoms with Gasteiger partial charge in [-0.25, -0.2) is 12.7 Å². The molecule has 0 amide bonds. The molecule has 1 atom stereocenters. The van der Waals surface area contributed by atoms with Gasteiger partial charge in [0.2, 0.25) is 10.0 Å². The number of hydrogen-bond donors (Lipinski definition) is 1. The van der Waals surface area contributed by atoms with Crippen LogP contribution in [0.25, 0.3) is 0 Å². The number of rotatable bonds is 5. The standard InChI is InChI=1S/C15H30N4O2S3.HI/c1-13(2)14-12-18(5-10-23-14)15(16-3)17-4-11-24(20,21)19-6-8-22-9-7-19;/h13-14H,4-12H2,1-3H3,(H,16,17);1H. The molecule has 1 N–H and O–H groups in total. The second-order valence-corrected chi connectivity index (χ2v) is 11.1. The van der Waals surface area contributed by atoms with Gasteiger partial charge in [0.05, 0.1) is 5.75 Å². The molecule has 0 aromatic heterocycles. The van der Waals surface area contributed by atoms with Crippen LogP contribution >= 0.6 is 47.5 Å². The van der Waals surface area contributed by atoms with Crippen molar-refractivity contribution < 1.29 is 8.42 Å². The Morgan fingerprint density at radius 1 is 1.24 bits per heavy atom. The van der Waals surface area contributed by atoms with Crippen molar-refractivity contribution in [1.82, 2.24) is 14.5 Å². The molecule has 1 unspecified atom stereocenters. The van der Waals surface area contributed by atoms with Crippen molar-refractivity contribution in [3.63, 3.8) is 0 Å². The van der Waals surface area contributed by atoms with Crippen LogP contribution in [0.4, 0.5) is 0 Å². The summed E-state index contributed by atoms with van der Waals surface area (Å²) in [5.74, 6) is 4.48. The molecule has 148 valence electrons. The van der Waals surface area contributed by atoms with Crippen molar-refractivity contribution in [1.29, 1.82) is 0 Å². The molecule has 25 heavy (non-hydrogen) atoms. The Morgan fingerprint density at radius 3 is 2.52 bits per heavy atom. The van der Waals surface area contributed by atoms with E-state index in [-0.39, 0.29) is 29.7 Å². The maximum Gasteiger partial charge on any atom is 0.215 e. The first-order valence-electron chi connectivity index (χ1n) is 8.57. The minimum atomic E-state index is -3.16. The second-order valence-electron chi connectivity index (χ2n) is 6.40. The Balaban J connectivity index is 0.00000312. The third kappa shape index (κ3) is 7.27. The van der Waals surface area contributed by atoms with Crippen LogP contribution in [-0.4, -0.2) is 91.6 Å². The zero-order chi connectivity index (χ0) is 17.6. The van der Waals surface area contributed by atoms with Crippen LogP contribution in [0.3, 0.4) is 0 Å². The highest BCUT2D eigenvalue weighted by atomic mass is 127. The minimum Gasteiger partial charge on any atom is -0.355 e. The quantitative estimate of drug-likeness (QED) is 0.337. The molecule has 10 heteroatoms. The largest absolute Gasteiger partial charge is 0.355 e. The Morgan fingerprint density at radius 2 is 1.92 bits per heavy atom. The third-order valence-electron chi connectivity index (χ3n) is 4.35. The highest BCUT2D eigenvalue weighted by Crippen LogP contribution is 2.24. The topological polar surface area (TPSA) is 65.0 Å². The lowest BCUT2D eigenvalue weighted by atomic mass is 10.1. The first kappa shape index (κ1) is 23.6. The van der Waals surface area contributed by atoms with Crippen LogP contribution in [0.1, 0.15) is 13.8 Å². The van der Waals surface area contributed by atoms with Crippen LogP contribution in [0, 0.1) is 5.92 Å². The molecule has 0 spiro atoms. The molecule has 2 fully saturated rings. The fourth-order valence-corrected chi connectivity index (χ4v) is 6.64. The molecular formula is C15H31IN4O2S3. The minimum absolute atomic E-state index is 0. The summed E-state index contributed by atoms with van der Waals surface area (Å²) in [6.07, 6.45) is 0. The van der Waals surface area contributed by atoms with Crippen LogP contribution in [0.5, 0.6) is 0 Å². The van der Waals surface area contributed by atoms with E-state index < -0.39 is 10.0 Å². The van der Waals surface area contributed by atoms with Crippen molar-refractivity contribution in [2.45, 2.75) is 19.1 Å². The molecule has 0 radical (unpaired) electrons. The average Bonchev–Trinajstić information content (AvgIpc) is 2.59. The van der Waals surface area contributed by atoms with Crippen molar-refractivity contribution in [2.24, 2.45) is 10.9 Å². The molecule has 0 aromatic carbocycles. The number of aliphatic imine (C=N–C) groups is 1. The van der Waals surface area contributed by atoms with E-state index in [1.165, 1.54) is 0 Å². The first-order chi connectivity index (χ1) is 11.4. The van der Waals surface area contributed by atoms with Crippen molar-refractivity contribution >= 4 is 63.5 Å². The van der Waals surface area contributed by atoms with E-state index >= 15 is 0 Å². The van der Waals surface area contributed by atoms with Gasteiger partial charge in [0.25, 0.3) is 0 Å². The van der Waals surface area contributed by atoms with Gasteiger partial charge in [-0.15, -0.1) is 24.0 Å². The monoisotopic (exact) mass is 522 g/mol. The fourth-order valence-electron chi connectivity index (χ4n) is 2.85. The van der Waals surface area contributed by atoms with Crippen LogP contribution in [-0.2, 0) is 10.0 Å². The first-order valence-corrected chi connectivity index (χ1v) is 12.4. The summed E-state index contributed by atoms with van der Waals surface area (Å²) in [6, 6.07) is 0. The molecule has 2 aliphatic heterocycles. The van der Waals surface area contributed by atoms with E-state index in [0.29, 0.717) is 30.8 Å². The summed E-state index contributed by atoms with van der Waals surface area (Å²) in [6.45, 7) is 8.13. The summed E-state index contributed by atoms with van der Waals surface area (Å²) in [7, 11) is -1.39. The van der Waals surface area contributed by atoms with E-state index in [9.17, 15) is 8.42 Å². The lowest BCUT2D eigenvalue weighted by Crippen LogP contribution is -2.50. The van der Waals surface area contributed by atoms with Crippen LogP contribution in [0.2, 0.25) is 0 Å². The molecule has 0 bridgehead atoms. The number of sulfonamides is 1. The van der Waals surface area contributed by atoms with Gasteiger partial charge in [0.15, 0.2) is 5.96 Å². The molecule has 2 aliphatic rings. The van der Waals surface area contributed by atoms with E-state index in [1.807, 2.05) is 23.5 Å². The maximum atomic E-state index is 12.4. The highest BCUT2D eigenvalue weighted by Gasteiger charge is 2.26. The molecule has 2 rings (SSSR count). The van der Waals surface area contributed by atoms with Gasteiger partial charge in [0, 0.05) is 62.3 Å². The van der Waals surface area contributed by atoms with Gasteiger partial charge in [-0.2, -0.15) is 23.5 Å². The molecule has 6 nitrogen and oxygen atoms in total. The molecule has 0 aromatic rings. The highest BCUT2D eigenvalue weighted by molar-refractivity contribution is 14.0. The van der Waals surface area contributed by atoms with Gasteiger partial charge in [-0.1, -0.05) is 13.8 Å². The molecule has 2 saturated heterocycles. The van der Waals surface area contributed by atoms with Gasteiger partial charge >= 0.3 is 0 Å². The third-order valence-corrected chi connectivity index (χ3v) is 8.71. The molecule has 2 heterocycles. The average molecular weight is 523 g/mol. The Kier molecular flexibility index (Phi) is 10.8. The Hall–Kier alpha value is 0.610. The van der Waals surface area contributed by atoms with Gasteiger partial charge in [-0.05, 0) is 5.92 Å². The van der Waals surface area contributed by atoms with Crippen LogP contribution < -0.4 is 5.32 Å². The Labute approximate surface area is 178 Å². The number of hydrogen-bond acceptors (Lipinski definition) is 5. The van der Waals surface area contributed by atoms with E-state index in [2.05, 4.69) is 29.1 Å². The zero-order valence-electron chi connectivity index (χ0n) is 15.3. The number of thioether (sulfide) groups is 2. The van der Waals surface area contributed by atoms with Gasteiger partial charge in [-0.3, -0.25) is 4.99 Å². The predicted molar refractivity (Wildman–Crippen MR) is 122 cm³/mol. The lowest BCUT2D eigenvalue weighted by molar-refractivity contribution is 0.381. The fraction of sp³-hybridized carbons (Fsp3) is 0.933.